The fourth-order valence-corrected chi connectivity index (χ4v) is 3.68. The average Bonchev–Trinajstić information content (AvgIpc) is 2.39. The van der Waals surface area contributed by atoms with E-state index in [2.05, 4.69) is 62.2 Å². The van der Waals surface area contributed by atoms with E-state index in [4.69, 9.17) is 5.73 Å². The van der Waals surface area contributed by atoms with Gasteiger partial charge in [-0.1, -0.05) is 62.5 Å². The summed E-state index contributed by atoms with van der Waals surface area (Å²) in [7, 11) is 0. The van der Waals surface area contributed by atoms with Crippen molar-refractivity contribution in [1.29, 1.82) is 0 Å². The topological polar surface area (TPSA) is 26.0 Å². The highest BCUT2D eigenvalue weighted by molar-refractivity contribution is 9.11. The summed E-state index contributed by atoms with van der Waals surface area (Å²) in [5.41, 5.74) is 10.4. The van der Waals surface area contributed by atoms with Crippen LogP contribution in [0.5, 0.6) is 0 Å². The Bertz CT molecular complexity index is 620. The molecule has 2 N–H and O–H groups in total. The van der Waals surface area contributed by atoms with Crippen molar-refractivity contribution in [2.75, 3.05) is 0 Å². The van der Waals surface area contributed by atoms with Crippen LogP contribution in [0.3, 0.4) is 0 Å². The van der Waals surface area contributed by atoms with Gasteiger partial charge in [0.25, 0.3) is 0 Å². The average molecular weight is 395 g/mol. The van der Waals surface area contributed by atoms with Crippen LogP contribution in [0.15, 0.2) is 51.4 Å². The molecule has 1 atom stereocenters. The minimum absolute atomic E-state index is 0.0846. The van der Waals surface area contributed by atoms with E-state index >= 15 is 0 Å². The van der Waals surface area contributed by atoms with Crippen molar-refractivity contribution >= 4 is 31.9 Å². The number of rotatable bonds is 3. The third-order valence-electron chi connectivity index (χ3n) is 4.17. The summed E-state index contributed by atoms with van der Waals surface area (Å²) in [6.07, 6.45) is 3.93. The Labute approximate surface area is 136 Å². The van der Waals surface area contributed by atoms with E-state index in [0.717, 1.165) is 14.5 Å². The molecular weight excluding hydrogens is 378 g/mol. The number of halogens is 2. The van der Waals surface area contributed by atoms with Gasteiger partial charge < -0.3 is 5.73 Å². The van der Waals surface area contributed by atoms with Crippen molar-refractivity contribution < 1.29 is 0 Å². The van der Waals surface area contributed by atoms with E-state index in [-0.39, 0.29) is 6.04 Å². The lowest BCUT2D eigenvalue weighted by Gasteiger charge is -2.30. The second-order valence-electron chi connectivity index (χ2n) is 5.40. The molecule has 2 aromatic rings. The maximum atomic E-state index is 6.55. The molecular formula is C17H17Br2N. The molecule has 20 heavy (non-hydrogen) atoms. The first-order valence-corrected chi connectivity index (χ1v) is 8.55. The van der Waals surface area contributed by atoms with Gasteiger partial charge >= 0.3 is 0 Å². The molecule has 2 aromatic carbocycles. The largest absolute Gasteiger partial charge is 0.320 e. The van der Waals surface area contributed by atoms with Crippen molar-refractivity contribution in [2.45, 2.75) is 31.2 Å². The molecule has 0 aromatic heterocycles. The summed E-state index contributed by atoms with van der Waals surface area (Å²) in [6.45, 7) is 0. The highest BCUT2D eigenvalue weighted by atomic mass is 79.9. The monoisotopic (exact) mass is 393 g/mol. The molecule has 3 rings (SSSR count). The van der Waals surface area contributed by atoms with Crippen molar-refractivity contribution in [2.24, 2.45) is 5.73 Å². The van der Waals surface area contributed by atoms with E-state index < -0.39 is 0 Å². The molecule has 1 saturated carbocycles. The molecule has 0 amide bonds. The minimum atomic E-state index is -0.0846. The quantitative estimate of drug-likeness (QED) is 0.727. The molecule has 1 aliphatic rings. The third kappa shape index (κ3) is 2.72. The standard InChI is InChI=1S/C17H17Br2N/c18-12-8-9-16(19)15(10-12)17(20)14-7-2-1-6-13(14)11-4-3-5-11/h1-2,6-11,17H,3-5,20H2. The molecule has 0 spiro atoms. The summed E-state index contributed by atoms with van der Waals surface area (Å²) in [5, 5.41) is 0. The van der Waals surface area contributed by atoms with Gasteiger partial charge in [0, 0.05) is 8.95 Å². The third-order valence-corrected chi connectivity index (χ3v) is 5.38. The fraction of sp³-hybridized carbons (Fsp3) is 0.294. The Morgan fingerprint density at radius 3 is 2.45 bits per heavy atom. The Morgan fingerprint density at radius 2 is 1.75 bits per heavy atom. The van der Waals surface area contributed by atoms with Crippen LogP contribution >= 0.6 is 31.9 Å². The molecule has 1 unspecified atom stereocenters. The molecule has 0 aliphatic heterocycles. The second-order valence-corrected chi connectivity index (χ2v) is 7.17. The zero-order valence-corrected chi connectivity index (χ0v) is 14.3. The first-order chi connectivity index (χ1) is 9.66. The van der Waals surface area contributed by atoms with Gasteiger partial charge in [-0.15, -0.1) is 0 Å². The molecule has 1 nitrogen and oxygen atoms in total. The molecule has 0 heterocycles. The molecule has 1 aliphatic carbocycles. The first-order valence-electron chi connectivity index (χ1n) is 6.96. The number of nitrogens with two attached hydrogens (primary N) is 1. The Kier molecular flexibility index (Phi) is 4.29. The Balaban J connectivity index is 2.01. The minimum Gasteiger partial charge on any atom is -0.320 e. The van der Waals surface area contributed by atoms with Gasteiger partial charge in [-0.3, -0.25) is 0 Å². The lowest BCUT2D eigenvalue weighted by Crippen LogP contribution is -2.18. The normalized spacial score (nSPS) is 16.8. The van der Waals surface area contributed by atoms with E-state index in [9.17, 15) is 0 Å². The molecule has 3 heteroatoms. The zero-order chi connectivity index (χ0) is 14.1. The zero-order valence-electron chi connectivity index (χ0n) is 11.2. The number of hydrogen-bond donors (Lipinski definition) is 1. The Morgan fingerprint density at radius 1 is 1.00 bits per heavy atom. The van der Waals surface area contributed by atoms with Gasteiger partial charge in [0.15, 0.2) is 0 Å². The summed E-state index contributed by atoms with van der Waals surface area (Å²) >= 11 is 7.15. The Hall–Kier alpha value is -0.640. The number of benzene rings is 2. The van der Waals surface area contributed by atoms with Crippen LogP contribution in [0.4, 0.5) is 0 Å². The molecule has 0 bridgehead atoms. The smallest absolute Gasteiger partial charge is 0.0566 e. The molecule has 0 saturated heterocycles. The summed E-state index contributed by atoms with van der Waals surface area (Å²) in [5.74, 6) is 0.697. The maximum absolute atomic E-state index is 6.55. The van der Waals surface area contributed by atoms with Gasteiger partial charge in [-0.05, 0) is 53.6 Å². The molecule has 104 valence electrons. The van der Waals surface area contributed by atoms with Gasteiger partial charge in [0.1, 0.15) is 0 Å². The maximum Gasteiger partial charge on any atom is 0.0566 e. The van der Waals surface area contributed by atoms with Gasteiger partial charge in [-0.25, -0.2) is 0 Å². The van der Waals surface area contributed by atoms with Gasteiger partial charge in [-0.2, -0.15) is 0 Å². The SMILES string of the molecule is NC(c1cc(Br)ccc1Br)c1ccccc1C1CCC1. The predicted molar refractivity (Wildman–Crippen MR) is 90.9 cm³/mol. The summed E-state index contributed by atoms with van der Waals surface area (Å²) < 4.78 is 2.13. The van der Waals surface area contributed by atoms with E-state index in [0.29, 0.717) is 5.92 Å². The van der Waals surface area contributed by atoms with E-state index in [1.165, 1.54) is 30.4 Å². The van der Waals surface area contributed by atoms with Crippen LogP contribution in [-0.4, -0.2) is 0 Å². The van der Waals surface area contributed by atoms with Gasteiger partial charge in [0.05, 0.1) is 6.04 Å². The first kappa shape index (κ1) is 14.3. The van der Waals surface area contributed by atoms with Crippen molar-refractivity contribution in [3.8, 4) is 0 Å². The van der Waals surface area contributed by atoms with Gasteiger partial charge in [0.2, 0.25) is 0 Å². The van der Waals surface area contributed by atoms with Crippen LogP contribution in [-0.2, 0) is 0 Å². The lowest BCUT2D eigenvalue weighted by molar-refractivity contribution is 0.416. The van der Waals surface area contributed by atoms with Crippen molar-refractivity contribution in [3.63, 3.8) is 0 Å². The van der Waals surface area contributed by atoms with Crippen LogP contribution in [0.1, 0.15) is 47.9 Å². The van der Waals surface area contributed by atoms with Crippen LogP contribution < -0.4 is 5.73 Å². The van der Waals surface area contributed by atoms with Crippen molar-refractivity contribution in [1.82, 2.24) is 0 Å². The number of hydrogen-bond acceptors (Lipinski definition) is 1. The highest BCUT2D eigenvalue weighted by Crippen LogP contribution is 2.41. The van der Waals surface area contributed by atoms with Crippen LogP contribution in [0, 0.1) is 0 Å². The molecule has 0 radical (unpaired) electrons. The predicted octanol–water partition coefficient (Wildman–Crippen LogP) is 5.53. The second kappa shape index (κ2) is 6.00. The van der Waals surface area contributed by atoms with Crippen LogP contribution in [0.25, 0.3) is 0 Å². The fourth-order valence-electron chi connectivity index (χ4n) is 2.81. The summed E-state index contributed by atoms with van der Waals surface area (Å²) in [6, 6.07) is 14.7. The van der Waals surface area contributed by atoms with Crippen LogP contribution in [0.2, 0.25) is 0 Å². The van der Waals surface area contributed by atoms with E-state index in [1.54, 1.807) is 0 Å². The van der Waals surface area contributed by atoms with Crippen molar-refractivity contribution in [3.05, 3.63) is 68.1 Å². The summed E-state index contributed by atoms with van der Waals surface area (Å²) in [4.78, 5) is 0. The lowest BCUT2D eigenvalue weighted by atomic mass is 9.76. The van der Waals surface area contributed by atoms with E-state index in [1.807, 2.05) is 12.1 Å². The highest BCUT2D eigenvalue weighted by Gasteiger charge is 2.24. The molecule has 1 fully saturated rings.